The summed E-state index contributed by atoms with van der Waals surface area (Å²) in [6.07, 6.45) is 2.93. The van der Waals surface area contributed by atoms with E-state index in [1.165, 1.54) is 23.5 Å². The van der Waals surface area contributed by atoms with Crippen LogP contribution in [0, 0.1) is 11.7 Å². The number of nitrogens with one attached hydrogen (secondary N) is 1. The minimum atomic E-state index is -3.71. The Hall–Kier alpha value is -1.47. The largest absolute Gasteiger partial charge is 0.263 e. The SMILES string of the molecule is CC1CCc2nc(NS(=O)(=O)c3ccc(F)cc3)sc2C1. The second kappa shape index (κ2) is 5.38. The van der Waals surface area contributed by atoms with Crippen LogP contribution in [0.3, 0.4) is 0 Å². The third-order valence-corrected chi connectivity index (χ3v) is 6.05. The molecule has 0 spiro atoms. The molecule has 1 heterocycles. The van der Waals surface area contributed by atoms with E-state index in [0.717, 1.165) is 42.0 Å². The van der Waals surface area contributed by atoms with Crippen LogP contribution in [-0.2, 0) is 22.9 Å². The lowest BCUT2D eigenvalue weighted by atomic mass is 9.93. The Bertz CT molecular complexity index is 754. The third-order valence-electron chi connectivity index (χ3n) is 3.53. The molecule has 0 fully saturated rings. The van der Waals surface area contributed by atoms with Crippen molar-refractivity contribution in [3.8, 4) is 0 Å². The number of aryl methyl sites for hydroxylation is 1. The number of anilines is 1. The number of nitrogens with zero attached hydrogens (tertiary/aromatic N) is 1. The molecule has 1 aliphatic carbocycles. The molecular weight excluding hydrogens is 311 g/mol. The molecule has 0 bridgehead atoms. The van der Waals surface area contributed by atoms with Gasteiger partial charge in [0.2, 0.25) is 0 Å². The Morgan fingerprint density at radius 2 is 2.05 bits per heavy atom. The van der Waals surface area contributed by atoms with E-state index in [0.29, 0.717) is 11.0 Å². The summed E-state index contributed by atoms with van der Waals surface area (Å²) in [6, 6.07) is 4.74. The zero-order valence-electron chi connectivity index (χ0n) is 11.5. The molecule has 0 amide bonds. The highest BCUT2D eigenvalue weighted by molar-refractivity contribution is 7.93. The van der Waals surface area contributed by atoms with Gasteiger partial charge in [-0.05, 0) is 49.4 Å². The first-order valence-electron chi connectivity index (χ1n) is 6.71. The lowest BCUT2D eigenvalue weighted by Gasteiger charge is -2.15. The molecule has 112 valence electrons. The van der Waals surface area contributed by atoms with E-state index in [4.69, 9.17) is 0 Å². The number of aromatic nitrogens is 1. The highest BCUT2D eigenvalue weighted by Crippen LogP contribution is 2.33. The molecule has 1 N–H and O–H groups in total. The van der Waals surface area contributed by atoms with Crippen LogP contribution < -0.4 is 4.72 Å². The van der Waals surface area contributed by atoms with Crippen LogP contribution in [0.25, 0.3) is 0 Å². The van der Waals surface area contributed by atoms with Gasteiger partial charge < -0.3 is 0 Å². The number of benzene rings is 1. The van der Waals surface area contributed by atoms with Gasteiger partial charge in [0.15, 0.2) is 5.13 Å². The van der Waals surface area contributed by atoms with Crippen molar-refractivity contribution in [1.82, 2.24) is 4.98 Å². The normalized spacial score (nSPS) is 18.3. The van der Waals surface area contributed by atoms with Crippen LogP contribution in [0.5, 0.6) is 0 Å². The first-order valence-corrected chi connectivity index (χ1v) is 9.01. The molecule has 1 aliphatic rings. The van der Waals surface area contributed by atoms with Gasteiger partial charge in [-0.3, -0.25) is 4.72 Å². The predicted octanol–water partition coefficient (Wildman–Crippen LogP) is 3.21. The van der Waals surface area contributed by atoms with Gasteiger partial charge in [-0.1, -0.05) is 6.92 Å². The standard InChI is InChI=1S/C14H15FN2O2S2/c1-9-2-7-12-13(8-9)20-14(16-12)17-21(18,19)11-5-3-10(15)4-6-11/h3-6,9H,2,7-8H2,1H3,(H,16,17). The van der Waals surface area contributed by atoms with Crippen molar-refractivity contribution in [1.29, 1.82) is 0 Å². The summed E-state index contributed by atoms with van der Waals surface area (Å²) in [4.78, 5) is 5.56. The summed E-state index contributed by atoms with van der Waals surface area (Å²) < 4.78 is 39.8. The number of halogens is 1. The number of hydrogen-bond donors (Lipinski definition) is 1. The van der Waals surface area contributed by atoms with Gasteiger partial charge in [0, 0.05) is 4.88 Å². The van der Waals surface area contributed by atoms with Crippen LogP contribution in [0.2, 0.25) is 0 Å². The maximum absolute atomic E-state index is 12.9. The van der Waals surface area contributed by atoms with Gasteiger partial charge >= 0.3 is 0 Å². The summed E-state index contributed by atoms with van der Waals surface area (Å²) >= 11 is 1.39. The molecule has 0 aliphatic heterocycles. The van der Waals surface area contributed by atoms with Crippen molar-refractivity contribution in [2.75, 3.05) is 4.72 Å². The first kappa shape index (κ1) is 14.5. The highest BCUT2D eigenvalue weighted by Gasteiger charge is 2.22. The van der Waals surface area contributed by atoms with E-state index in [1.54, 1.807) is 0 Å². The predicted molar refractivity (Wildman–Crippen MR) is 80.5 cm³/mol. The smallest absolute Gasteiger partial charge is 0.255 e. The van der Waals surface area contributed by atoms with Crippen LogP contribution in [0.4, 0.5) is 9.52 Å². The quantitative estimate of drug-likeness (QED) is 0.942. The number of fused-ring (bicyclic) bond motifs is 1. The fraction of sp³-hybridized carbons (Fsp3) is 0.357. The lowest BCUT2D eigenvalue weighted by molar-refractivity contribution is 0.502. The van der Waals surface area contributed by atoms with Crippen LogP contribution in [-0.4, -0.2) is 13.4 Å². The first-order chi connectivity index (χ1) is 9.94. The van der Waals surface area contributed by atoms with Gasteiger partial charge in [0.05, 0.1) is 10.6 Å². The summed E-state index contributed by atoms with van der Waals surface area (Å²) in [7, 11) is -3.71. The van der Waals surface area contributed by atoms with Crippen molar-refractivity contribution >= 4 is 26.5 Å². The summed E-state index contributed by atoms with van der Waals surface area (Å²) in [5.41, 5.74) is 0.995. The Morgan fingerprint density at radius 3 is 2.76 bits per heavy atom. The van der Waals surface area contributed by atoms with E-state index in [2.05, 4.69) is 16.6 Å². The van der Waals surface area contributed by atoms with Crippen molar-refractivity contribution < 1.29 is 12.8 Å². The molecule has 2 aromatic rings. The van der Waals surface area contributed by atoms with Gasteiger partial charge in [0.25, 0.3) is 10.0 Å². The molecule has 0 radical (unpaired) electrons. The second-order valence-electron chi connectivity index (χ2n) is 5.30. The van der Waals surface area contributed by atoms with Gasteiger partial charge in [-0.25, -0.2) is 17.8 Å². The lowest BCUT2D eigenvalue weighted by Crippen LogP contribution is -2.13. The van der Waals surface area contributed by atoms with E-state index >= 15 is 0 Å². The van der Waals surface area contributed by atoms with E-state index < -0.39 is 15.8 Å². The number of rotatable bonds is 3. The van der Waals surface area contributed by atoms with Gasteiger partial charge in [-0.15, -0.1) is 11.3 Å². The molecule has 1 aromatic heterocycles. The molecule has 3 rings (SSSR count). The Labute approximate surface area is 127 Å². The molecule has 21 heavy (non-hydrogen) atoms. The molecule has 4 nitrogen and oxygen atoms in total. The van der Waals surface area contributed by atoms with Crippen molar-refractivity contribution in [3.63, 3.8) is 0 Å². The molecule has 0 saturated heterocycles. The zero-order chi connectivity index (χ0) is 15.0. The fourth-order valence-electron chi connectivity index (χ4n) is 2.37. The third kappa shape index (κ3) is 3.08. The molecule has 1 unspecified atom stereocenters. The fourth-order valence-corrected chi connectivity index (χ4v) is 4.78. The maximum atomic E-state index is 12.9. The molecule has 7 heteroatoms. The van der Waals surface area contributed by atoms with E-state index in [-0.39, 0.29) is 4.90 Å². The average molecular weight is 326 g/mol. The number of thiazole rings is 1. The molecule has 1 aromatic carbocycles. The maximum Gasteiger partial charge on any atom is 0.263 e. The Morgan fingerprint density at radius 1 is 1.33 bits per heavy atom. The number of hydrogen-bond acceptors (Lipinski definition) is 4. The van der Waals surface area contributed by atoms with Crippen LogP contribution >= 0.6 is 11.3 Å². The topological polar surface area (TPSA) is 59.1 Å². The molecule has 0 saturated carbocycles. The van der Waals surface area contributed by atoms with E-state index in [1.807, 2.05) is 0 Å². The van der Waals surface area contributed by atoms with E-state index in [9.17, 15) is 12.8 Å². The minimum Gasteiger partial charge on any atom is -0.255 e. The summed E-state index contributed by atoms with van der Waals surface area (Å²) in [6.45, 7) is 2.19. The van der Waals surface area contributed by atoms with Crippen molar-refractivity contribution in [2.45, 2.75) is 31.1 Å². The second-order valence-corrected chi connectivity index (χ2v) is 8.06. The van der Waals surface area contributed by atoms with Crippen LogP contribution in [0.15, 0.2) is 29.2 Å². The van der Waals surface area contributed by atoms with Crippen LogP contribution in [0.1, 0.15) is 23.9 Å². The summed E-state index contributed by atoms with van der Waals surface area (Å²) in [5, 5.41) is 0.387. The molecular formula is C14H15FN2O2S2. The Balaban J connectivity index is 1.84. The van der Waals surface area contributed by atoms with Gasteiger partial charge in [-0.2, -0.15) is 0 Å². The van der Waals surface area contributed by atoms with Gasteiger partial charge in [0.1, 0.15) is 5.82 Å². The number of sulfonamides is 1. The summed E-state index contributed by atoms with van der Waals surface area (Å²) in [5.74, 6) is 0.146. The van der Waals surface area contributed by atoms with Crippen molar-refractivity contribution in [2.24, 2.45) is 5.92 Å². The van der Waals surface area contributed by atoms with Crippen molar-refractivity contribution in [3.05, 3.63) is 40.7 Å². The molecule has 1 atom stereocenters. The average Bonchev–Trinajstić information content (AvgIpc) is 2.79. The minimum absolute atomic E-state index is 0.0328. The zero-order valence-corrected chi connectivity index (χ0v) is 13.1. The monoisotopic (exact) mass is 326 g/mol. The Kier molecular flexibility index (Phi) is 3.71. The highest BCUT2D eigenvalue weighted by atomic mass is 32.2.